The zero-order valence-electron chi connectivity index (χ0n) is 15.7. The molecule has 0 fully saturated rings. The summed E-state index contributed by atoms with van der Waals surface area (Å²) in [5.41, 5.74) is 1.72. The van der Waals surface area contributed by atoms with Gasteiger partial charge in [0.05, 0.1) is 18.2 Å². The van der Waals surface area contributed by atoms with Crippen LogP contribution in [-0.4, -0.2) is 36.5 Å². The van der Waals surface area contributed by atoms with Crippen LogP contribution >= 0.6 is 11.3 Å². The Bertz CT molecular complexity index is 863. The molecule has 2 heterocycles. The second-order valence-electron chi connectivity index (χ2n) is 6.47. The third-order valence-electron chi connectivity index (χ3n) is 4.56. The molecule has 0 radical (unpaired) electrons. The number of aryl methyl sites for hydroxylation is 1. The van der Waals surface area contributed by atoms with Crippen LogP contribution in [0.1, 0.15) is 56.8 Å². The lowest BCUT2D eigenvalue weighted by Crippen LogP contribution is -2.21. The van der Waals surface area contributed by atoms with Crippen molar-refractivity contribution in [1.82, 2.24) is 4.98 Å². The maximum atomic E-state index is 12.3. The number of rotatable bonds is 5. The Morgan fingerprint density at radius 3 is 2.50 bits per heavy atom. The van der Waals surface area contributed by atoms with Gasteiger partial charge in [0.2, 0.25) is 0 Å². The van der Waals surface area contributed by atoms with Gasteiger partial charge >= 0.3 is 11.9 Å². The average Bonchev–Trinajstić information content (AvgIpc) is 3.02. The molecule has 2 aromatic rings. The van der Waals surface area contributed by atoms with Gasteiger partial charge in [0.15, 0.2) is 6.61 Å². The van der Waals surface area contributed by atoms with Crippen molar-refractivity contribution in [3.05, 3.63) is 46.1 Å². The topological polar surface area (TPSA) is 94.6 Å². The molecule has 0 atom stereocenters. The van der Waals surface area contributed by atoms with Crippen LogP contribution < -0.4 is 5.32 Å². The number of methoxy groups -OCH3 is 1. The van der Waals surface area contributed by atoms with Crippen molar-refractivity contribution in [1.29, 1.82) is 0 Å². The normalized spacial score (nSPS) is 13.6. The molecule has 1 amide bonds. The Labute approximate surface area is 167 Å². The van der Waals surface area contributed by atoms with Crippen LogP contribution in [0.5, 0.6) is 0 Å². The Morgan fingerprint density at radius 1 is 1.07 bits per heavy atom. The number of nitrogens with zero attached hydrogens (tertiary/aromatic N) is 1. The van der Waals surface area contributed by atoms with E-state index < -0.39 is 24.5 Å². The number of aromatic nitrogens is 1. The zero-order chi connectivity index (χ0) is 19.9. The van der Waals surface area contributed by atoms with Crippen molar-refractivity contribution in [2.75, 3.05) is 19.0 Å². The monoisotopic (exact) mass is 402 g/mol. The van der Waals surface area contributed by atoms with E-state index in [-0.39, 0.29) is 0 Å². The largest absolute Gasteiger partial charge is 0.465 e. The first-order valence-corrected chi connectivity index (χ1v) is 10.0. The first kappa shape index (κ1) is 20.0. The van der Waals surface area contributed by atoms with Crippen LogP contribution in [0.3, 0.4) is 0 Å². The number of hydrogen-bond acceptors (Lipinski definition) is 7. The third-order valence-corrected chi connectivity index (χ3v) is 5.77. The van der Waals surface area contributed by atoms with Gasteiger partial charge in [-0.05, 0) is 43.4 Å². The predicted octanol–water partition coefficient (Wildman–Crippen LogP) is 3.38. The summed E-state index contributed by atoms with van der Waals surface area (Å²) in [6.45, 7) is -0.440. The van der Waals surface area contributed by atoms with E-state index in [4.69, 9.17) is 9.47 Å². The minimum atomic E-state index is -0.607. The minimum Gasteiger partial charge on any atom is -0.465 e. The summed E-state index contributed by atoms with van der Waals surface area (Å²) in [6.07, 6.45) is 8.98. The number of ether oxygens (including phenoxy) is 2. The predicted molar refractivity (Wildman–Crippen MR) is 105 cm³/mol. The molecule has 0 spiro atoms. The molecular formula is C20H22N2O5S. The molecule has 1 N–H and O–H groups in total. The van der Waals surface area contributed by atoms with E-state index in [9.17, 15) is 14.4 Å². The molecule has 0 bridgehead atoms. The molecule has 2 aromatic heterocycles. The fourth-order valence-electron chi connectivity index (χ4n) is 3.19. The number of amides is 1. The first-order chi connectivity index (χ1) is 13.6. The molecule has 0 saturated carbocycles. The van der Waals surface area contributed by atoms with E-state index in [0.29, 0.717) is 16.1 Å². The van der Waals surface area contributed by atoms with Gasteiger partial charge in [0.1, 0.15) is 5.00 Å². The van der Waals surface area contributed by atoms with Crippen molar-refractivity contribution in [3.63, 3.8) is 0 Å². The van der Waals surface area contributed by atoms with E-state index >= 15 is 0 Å². The molecule has 7 nitrogen and oxygen atoms in total. The van der Waals surface area contributed by atoms with E-state index in [0.717, 1.165) is 49.0 Å². The van der Waals surface area contributed by atoms with Gasteiger partial charge in [-0.2, -0.15) is 0 Å². The number of pyridine rings is 1. The lowest BCUT2D eigenvalue weighted by atomic mass is 9.96. The summed E-state index contributed by atoms with van der Waals surface area (Å²) in [4.78, 5) is 41.6. The number of esters is 2. The Hall–Kier alpha value is -2.74. The number of hydrogen-bond donors (Lipinski definition) is 1. The Morgan fingerprint density at radius 2 is 1.79 bits per heavy atom. The highest BCUT2D eigenvalue weighted by atomic mass is 32.1. The zero-order valence-corrected chi connectivity index (χ0v) is 16.5. The molecule has 8 heteroatoms. The number of nitrogens with one attached hydrogen (secondary N) is 1. The summed E-state index contributed by atoms with van der Waals surface area (Å²) in [5.74, 6) is -1.56. The van der Waals surface area contributed by atoms with E-state index in [2.05, 4.69) is 10.3 Å². The minimum absolute atomic E-state index is 0.317. The molecule has 3 rings (SSSR count). The maximum Gasteiger partial charge on any atom is 0.341 e. The average molecular weight is 402 g/mol. The first-order valence-electron chi connectivity index (χ1n) is 9.20. The molecule has 0 aromatic carbocycles. The molecule has 148 valence electrons. The second kappa shape index (κ2) is 9.45. The van der Waals surface area contributed by atoms with Crippen molar-refractivity contribution in [2.24, 2.45) is 0 Å². The highest BCUT2D eigenvalue weighted by molar-refractivity contribution is 7.17. The lowest BCUT2D eigenvalue weighted by molar-refractivity contribution is -0.119. The van der Waals surface area contributed by atoms with Gasteiger partial charge in [0, 0.05) is 17.3 Å². The number of anilines is 1. The van der Waals surface area contributed by atoms with Crippen LogP contribution in [0.4, 0.5) is 5.00 Å². The van der Waals surface area contributed by atoms with Gasteiger partial charge in [-0.1, -0.05) is 12.8 Å². The highest BCUT2D eigenvalue weighted by Crippen LogP contribution is 2.37. The summed E-state index contributed by atoms with van der Waals surface area (Å²) >= 11 is 1.41. The molecule has 1 aliphatic rings. The van der Waals surface area contributed by atoms with Gasteiger partial charge in [-0.25, -0.2) is 9.59 Å². The SMILES string of the molecule is COC(=O)c1c(NC(=O)COC(=O)c2ccncc2)sc2c1CCCCCC2. The van der Waals surface area contributed by atoms with Gasteiger partial charge in [-0.3, -0.25) is 9.78 Å². The number of thiophene rings is 1. The Balaban J connectivity index is 1.72. The van der Waals surface area contributed by atoms with Crippen LogP contribution in [0.2, 0.25) is 0 Å². The maximum absolute atomic E-state index is 12.3. The van der Waals surface area contributed by atoms with Crippen molar-refractivity contribution < 1.29 is 23.9 Å². The number of carbonyl (C=O) groups is 3. The summed E-state index contributed by atoms with van der Waals surface area (Å²) in [7, 11) is 1.33. The molecule has 1 aliphatic carbocycles. The third kappa shape index (κ3) is 4.75. The fraction of sp³-hybridized carbons (Fsp3) is 0.400. The van der Waals surface area contributed by atoms with Crippen LogP contribution in [0.25, 0.3) is 0 Å². The quantitative estimate of drug-likeness (QED) is 0.771. The highest BCUT2D eigenvalue weighted by Gasteiger charge is 2.26. The summed E-state index contributed by atoms with van der Waals surface area (Å²) < 4.78 is 9.98. The van der Waals surface area contributed by atoms with Gasteiger partial charge < -0.3 is 14.8 Å². The molecule has 0 aliphatic heterocycles. The standard InChI is InChI=1S/C20H22N2O5S/c1-26-20(25)17-14-6-4-2-3-5-7-15(14)28-18(17)22-16(23)12-27-19(24)13-8-10-21-11-9-13/h8-11H,2-7,12H2,1H3,(H,22,23). The summed E-state index contributed by atoms with van der Waals surface area (Å²) in [6, 6.07) is 3.02. The van der Waals surface area contributed by atoms with Gasteiger partial charge in [-0.15, -0.1) is 11.3 Å². The fourth-order valence-corrected chi connectivity index (χ4v) is 4.48. The van der Waals surface area contributed by atoms with Crippen molar-refractivity contribution in [2.45, 2.75) is 38.5 Å². The van der Waals surface area contributed by atoms with E-state index in [1.807, 2.05) is 0 Å². The van der Waals surface area contributed by atoms with Gasteiger partial charge in [0.25, 0.3) is 5.91 Å². The molecular weight excluding hydrogens is 380 g/mol. The van der Waals surface area contributed by atoms with E-state index in [1.54, 1.807) is 0 Å². The molecule has 0 saturated heterocycles. The number of fused-ring (bicyclic) bond motifs is 1. The van der Waals surface area contributed by atoms with E-state index in [1.165, 1.54) is 43.0 Å². The van der Waals surface area contributed by atoms with Crippen LogP contribution in [0.15, 0.2) is 24.5 Å². The Kier molecular flexibility index (Phi) is 6.76. The molecule has 0 unspecified atom stereocenters. The lowest BCUT2D eigenvalue weighted by Gasteiger charge is -2.11. The summed E-state index contributed by atoms with van der Waals surface area (Å²) in [5, 5.41) is 3.18. The smallest absolute Gasteiger partial charge is 0.341 e. The molecule has 28 heavy (non-hydrogen) atoms. The van der Waals surface area contributed by atoms with Crippen LogP contribution in [-0.2, 0) is 27.1 Å². The second-order valence-corrected chi connectivity index (χ2v) is 7.58. The van der Waals surface area contributed by atoms with Crippen molar-refractivity contribution >= 4 is 34.2 Å². The van der Waals surface area contributed by atoms with Crippen molar-refractivity contribution in [3.8, 4) is 0 Å². The number of carbonyl (C=O) groups excluding carboxylic acids is 3. The van der Waals surface area contributed by atoms with Crippen LogP contribution in [0, 0.1) is 0 Å².